The van der Waals surface area contributed by atoms with E-state index in [1.54, 1.807) is 11.3 Å². The number of fused-ring (bicyclic) bond motifs is 1. The van der Waals surface area contributed by atoms with Crippen molar-refractivity contribution >= 4 is 32.8 Å². The average Bonchev–Trinajstić information content (AvgIpc) is 3.10. The van der Waals surface area contributed by atoms with Crippen LogP contribution in [0.2, 0.25) is 0 Å². The van der Waals surface area contributed by atoms with Gasteiger partial charge in [-0.3, -0.25) is 0 Å². The first-order valence-corrected chi connectivity index (χ1v) is 9.14. The SMILES string of the molecule is CCCNC(Cc1csc2ccccc12)c1scnc1C. The minimum Gasteiger partial charge on any atom is -0.309 e. The van der Waals surface area contributed by atoms with Crippen molar-refractivity contribution in [3.63, 3.8) is 0 Å². The number of aromatic nitrogens is 1. The molecule has 4 heteroatoms. The van der Waals surface area contributed by atoms with Crippen molar-refractivity contribution < 1.29 is 0 Å². The molecule has 0 aliphatic carbocycles. The molecule has 110 valence electrons. The summed E-state index contributed by atoms with van der Waals surface area (Å²) in [6.07, 6.45) is 2.19. The number of nitrogens with zero attached hydrogens (tertiary/aromatic N) is 1. The molecule has 0 fully saturated rings. The van der Waals surface area contributed by atoms with Crippen molar-refractivity contribution in [3.05, 3.63) is 51.3 Å². The fourth-order valence-corrected chi connectivity index (χ4v) is 4.49. The molecular weight excluding hydrogens is 296 g/mol. The second-order valence-corrected chi connectivity index (χ2v) is 7.07. The quantitative estimate of drug-likeness (QED) is 0.696. The zero-order chi connectivity index (χ0) is 14.7. The lowest BCUT2D eigenvalue weighted by Gasteiger charge is -2.17. The Labute approximate surface area is 133 Å². The molecule has 2 aromatic heterocycles. The average molecular weight is 316 g/mol. The van der Waals surface area contributed by atoms with E-state index < -0.39 is 0 Å². The van der Waals surface area contributed by atoms with E-state index in [4.69, 9.17) is 0 Å². The van der Waals surface area contributed by atoms with E-state index >= 15 is 0 Å². The summed E-state index contributed by atoms with van der Waals surface area (Å²) < 4.78 is 1.38. The van der Waals surface area contributed by atoms with E-state index in [1.165, 1.54) is 20.5 Å². The van der Waals surface area contributed by atoms with Gasteiger partial charge in [0.1, 0.15) is 0 Å². The van der Waals surface area contributed by atoms with Crippen molar-refractivity contribution in [1.82, 2.24) is 10.3 Å². The Kier molecular flexibility index (Phi) is 4.68. The first-order chi connectivity index (χ1) is 10.3. The zero-order valence-corrected chi connectivity index (χ0v) is 14.1. The van der Waals surface area contributed by atoms with E-state index in [0.717, 1.165) is 25.1 Å². The highest BCUT2D eigenvalue weighted by atomic mass is 32.1. The topological polar surface area (TPSA) is 24.9 Å². The van der Waals surface area contributed by atoms with Crippen molar-refractivity contribution in [2.24, 2.45) is 0 Å². The van der Waals surface area contributed by atoms with Crippen molar-refractivity contribution in [3.8, 4) is 0 Å². The summed E-state index contributed by atoms with van der Waals surface area (Å²) in [6.45, 7) is 5.37. The van der Waals surface area contributed by atoms with Crippen LogP contribution in [-0.2, 0) is 6.42 Å². The molecule has 3 rings (SSSR count). The number of nitrogens with one attached hydrogen (secondary N) is 1. The molecule has 21 heavy (non-hydrogen) atoms. The minimum atomic E-state index is 0.371. The number of thiophene rings is 1. The molecule has 0 spiro atoms. The minimum absolute atomic E-state index is 0.371. The monoisotopic (exact) mass is 316 g/mol. The summed E-state index contributed by atoms with van der Waals surface area (Å²) in [5.74, 6) is 0. The third-order valence-electron chi connectivity index (χ3n) is 3.73. The van der Waals surface area contributed by atoms with Crippen LogP contribution in [0.4, 0.5) is 0 Å². The summed E-state index contributed by atoms with van der Waals surface area (Å²) in [5.41, 5.74) is 4.56. The number of thiazole rings is 1. The highest BCUT2D eigenvalue weighted by Gasteiger charge is 2.17. The van der Waals surface area contributed by atoms with Gasteiger partial charge in [-0.25, -0.2) is 4.98 Å². The van der Waals surface area contributed by atoms with Crippen LogP contribution < -0.4 is 5.32 Å². The summed E-state index contributed by atoms with van der Waals surface area (Å²) in [7, 11) is 0. The highest BCUT2D eigenvalue weighted by molar-refractivity contribution is 7.17. The summed E-state index contributed by atoms with van der Waals surface area (Å²) >= 11 is 3.61. The van der Waals surface area contributed by atoms with Crippen LogP contribution in [0.3, 0.4) is 0 Å². The molecule has 0 saturated heterocycles. The third kappa shape index (κ3) is 3.18. The normalized spacial score (nSPS) is 12.9. The molecule has 0 radical (unpaired) electrons. The molecule has 1 N–H and O–H groups in total. The molecule has 0 aliphatic heterocycles. The largest absolute Gasteiger partial charge is 0.309 e. The van der Waals surface area contributed by atoms with Crippen LogP contribution >= 0.6 is 22.7 Å². The fraction of sp³-hybridized carbons (Fsp3) is 0.353. The Balaban J connectivity index is 1.89. The maximum absolute atomic E-state index is 4.42. The highest BCUT2D eigenvalue weighted by Crippen LogP contribution is 2.31. The van der Waals surface area contributed by atoms with Crippen LogP contribution in [0, 0.1) is 6.92 Å². The Bertz CT molecular complexity index is 714. The number of benzene rings is 1. The van der Waals surface area contributed by atoms with Gasteiger partial charge in [0, 0.05) is 15.6 Å². The maximum atomic E-state index is 4.42. The Morgan fingerprint density at radius 2 is 2.10 bits per heavy atom. The van der Waals surface area contributed by atoms with Gasteiger partial charge in [0.05, 0.1) is 11.2 Å². The number of hydrogen-bond donors (Lipinski definition) is 1. The van der Waals surface area contributed by atoms with Crippen molar-refractivity contribution in [1.29, 1.82) is 0 Å². The number of hydrogen-bond acceptors (Lipinski definition) is 4. The molecule has 1 unspecified atom stereocenters. The molecular formula is C17H20N2S2. The second kappa shape index (κ2) is 6.69. The third-order valence-corrected chi connectivity index (χ3v) is 5.78. The lowest BCUT2D eigenvalue weighted by atomic mass is 10.0. The maximum Gasteiger partial charge on any atom is 0.0798 e. The van der Waals surface area contributed by atoms with E-state index in [1.807, 2.05) is 16.8 Å². The fourth-order valence-electron chi connectivity index (χ4n) is 2.63. The molecule has 2 nitrogen and oxygen atoms in total. The van der Waals surface area contributed by atoms with Crippen molar-refractivity contribution in [2.45, 2.75) is 32.7 Å². The van der Waals surface area contributed by atoms with Gasteiger partial charge in [0.25, 0.3) is 0 Å². The van der Waals surface area contributed by atoms with Gasteiger partial charge in [0.2, 0.25) is 0 Å². The summed E-state index contributed by atoms with van der Waals surface area (Å²) in [6, 6.07) is 9.05. The summed E-state index contributed by atoms with van der Waals surface area (Å²) in [4.78, 5) is 5.79. The Morgan fingerprint density at radius 1 is 1.24 bits per heavy atom. The van der Waals surface area contributed by atoms with Crippen LogP contribution in [0.1, 0.15) is 35.5 Å². The van der Waals surface area contributed by atoms with Crippen LogP contribution in [0.15, 0.2) is 35.2 Å². The van der Waals surface area contributed by atoms with Gasteiger partial charge in [0.15, 0.2) is 0 Å². The zero-order valence-electron chi connectivity index (χ0n) is 12.4. The predicted molar refractivity (Wildman–Crippen MR) is 93.4 cm³/mol. The van der Waals surface area contributed by atoms with Crippen LogP contribution in [0.5, 0.6) is 0 Å². The number of aryl methyl sites for hydroxylation is 1. The lowest BCUT2D eigenvalue weighted by Crippen LogP contribution is -2.23. The summed E-state index contributed by atoms with van der Waals surface area (Å²) in [5, 5.41) is 7.39. The number of rotatable bonds is 6. The van der Waals surface area contributed by atoms with Crippen LogP contribution in [-0.4, -0.2) is 11.5 Å². The Morgan fingerprint density at radius 3 is 2.86 bits per heavy atom. The van der Waals surface area contributed by atoms with E-state index in [-0.39, 0.29) is 0 Å². The first kappa shape index (κ1) is 14.7. The smallest absolute Gasteiger partial charge is 0.0798 e. The first-order valence-electron chi connectivity index (χ1n) is 7.38. The van der Waals surface area contributed by atoms with Gasteiger partial charge < -0.3 is 5.32 Å². The molecule has 0 aliphatic rings. The van der Waals surface area contributed by atoms with E-state index in [2.05, 4.69) is 53.8 Å². The molecule has 2 heterocycles. The van der Waals surface area contributed by atoms with Gasteiger partial charge >= 0.3 is 0 Å². The molecule has 1 aromatic carbocycles. The standard InChI is InChI=1S/C17H20N2S2/c1-3-8-18-15(17-12(2)19-11-21-17)9-13-10-20-16-7-5-4-6-14(13)16/h4-7,10-11,15,18H,3,8-9H2,1-2H3. The van der Waals surface area contributed by atoms with Gasteiger partial charge in [-0.15, -0.1) is 22.7 Å². The molecule has 3 aromatic rings. The van der Waals surface area contributed by atoms with Gasteiger partial charge in [-0.05, 0) is 48.7 Å². The molecule has 0 bridgehead atoms. The molecule has 0 amide bonds. The molecule has 1 atom stereocenters. The van der Waals surface area contributed by atoms with E-state index in [0.29, 0.717) is 6.04 Å². The predicted octanol–water partition coefficient (Wildman–Crippen LogP) is 4.95. The van der Waals surface area contributed by atoms with E-state index in [9.17, 15) is 0 Å². The van der Waals surface area contributed by atoms with Gasteiger partial charge in [-0.1, -0.05) is 25.1 Å². The molecule has 0 saturated carbocycles. The van der Waals surface area contributed by atoms with Gasteiger partial charge in [-0.2, -0.15) is 0 Å². The lowest BCUT2D eigenvalue weighted by molar-refractivity contribution is 0.535. The van der Waals surface area contributed by atoms with Crippen LogP contribution in [0.25, 0.3) is 10.1 Å². The second-order valence-electron chi connectivity index (χ2n) is 5.27. The van der Waals surface area contributed by atoms with Crippen molar-refractivity contribution in [2.75, 3.05) is 6.54 Å². The Hall–Kier alpha value is -1.23.